The van der Waals surface area contributed by atoms with Gasteiger partial charge in [0.05, 0.1) is 6.54 Å². The number of carbonyl (C=O) groups excluding carboxylic acids is 1. The van der Waals surface area contributed by atoms with E-state index < -0.39 is 0 Å². The lowest BCUT2D eigenvalue weighted by Crippen LogP contribution is -2.51. The lowest BCUT2D eigenvalue weighted by Gasteiger charge is -2.36. The molecule has 25 heavy (non-hydrogen) atoms. The highest BCUT2D eigenvalue weighted by molar-refractivity contribution is 5.78. The van der Waals surface area contributed by atoms with Crippen LogP contribution in [0, 0.1) is 0 Å². The predicted molar refractivity (Wildman–Crippen MR) is 99.8 cm³/mol. The van der Waals surface area contributed by atoms with Gasteiger partial charge in [0.25, 0.3) is 0 Å². The van der Waals surface area contributed by atoms with Crippen molar-refractivity contribution in [2.24, 2.45) is 0 Å². The van der Waals surface area contributed by atoms with Gasteiger partial charge in [0, 0.05) is 37.9 Å². The van der Waals surface area contributed by atoms with Gasteiger partial charge in [-0.15, -0.1) is 0 Å². The average Bonchev–Trinajstić information content (AvgIpc) is 2.67. The fourth-order valence-corrected chi connectivity index (χ4v) is 3.09. The number of rotatable bonds is 5. The molecule has 0 radical (unpaired) electrons. The Bertz CT molecular complexity index is 680. The number of piperazine rings is 1. The maximum atomic E-state index is 12.4. The SMILES string of the molecule is C[C@@H](NCC(=O)N1CCN(c2ccc(O)cc2)CC1)c1ccccc1. The Kier molecular flexibility index (Phi) is 5.56. The van der Waals surface area contributed by atoms with Gasteiger partial charge in [0.1, 0.15) is 5.75 Å². The van der Waals surface area contributed by atoms with Crippen LogP contribution in [0.5, 0.6) is 5.75 Å². The third-order valence-electron chi connectivity index (χ3n) is 4.71. The van der Waals surface area contributed by atoms with E-state index in [9.17, 15) is 9.90 Å². The Balaban J connectivity index is 1.46. The van der Waals surface area contributed by atoms with E-state index in [1.54, 1.807) is 12.1 Å². The van der Waals surface area contributed by atoms with Crippen molar-refractivity contribution in [1.29, 1.82) is 0 Å². The zero-order chi connectivity index (χ0) is 17.6. The molecule has 0 spiro atoms. The minimum atomic E-state index is 0.146. The van der Waals surface area contributed by atoms with Gasteiger partial charge in [-0.05, 0) is 36.8 Å². The first-order valence-corrected chi connectivity index (χ1v) is 8.73. The van der Waals surface area contributed by atoms with Crippen molar-refractivity contribution in [2.45, 2.75) is 13.0 Å². The number of amides is 1. The molecule has 1 atom stereocenters. The van der Waals surface area contributed by atoms with E-state index in [1.807, 2.05) is 35.2 Å². The van der Waals surface area contributed by atoms with Crippen LogP contribution in [0.15, 0.2) is 54.6 Å². The number of benzene rings is 2. The summed E-state index contributed by atoms with van der Waals surface area (Å²) in [4.78, 5) is 16.6. The summed E-state index contributed by atoms with van der Waals surface area (Å²) in [5, 5.41) is 12.7. The number of phenols is 1. The number of hydrogen-bond donors (Lipinski definition) is 2. The third-order valence-corrected chi connectivity index (χ3v) is 4.71. The molecule has 1 aliphatic rings. The summed E-state index contributed by atoms with van der Waals surface area (Å²) in [6, 6.07) is 17.5. The Hall–Kier alpha value is -2.53. The van der Waals surface area contributed by atoms with E-state index >= 15 is 0 Å². The van der Waals surface area contributed by atoms with Crippen LogP contribution in [0.4, 0.5) is 5.69 Å². The van der Waals surface area contributed by atoms with Crippen LogP contribution in [0.3, 0.4) is 0 Å². The van der Waals surface area contributed by atoms with E-state index in [-0.39, 0.29) is 17.7 Å². The topological polar surface area (TPSA) is 55.8 Å². The highest BCUT2D eigenvalue weighted by Crippen LogP contribution is 2.20. The summed E-state index contributed by atoms with van der Waals surface area (Å²) in [7, 11) is 0. The summed E-state index contributed by atoms with van der Waals surface area (Å²) in [6.07, 6.45) is 0. The van der Waals surface area contributed by atoms with Gasteiger partial charge >= 0.3 is 0 Å². The van der Waals surface area contributed by atoms with Gasteiger partial charge in [-0.25, -0.2) is 0 Å². The molecule has 0 aromatic heterocycles. The van der Waals surface area contributed by atoms with Crippen LogP contribution in [-0.2, 0) is 4.79 Å². The van der Waals surface area contributed by atoms with Crippen LogP contribution >= 0.6 is 0 Å². The average molecular weight is 339 g/mol. The molecule has 5 nitrogen and oxygen atoms in total. The monoisotopic (exact) mass is 339 g/mol. The number of carbonyl (C=O) groups is 1. The lowest BCUT2D eigenvalue weighted by atomic mass is 10.1. The molecular weight excluding hydrogens is 314 g/mol. The van der Waals surface area contributed by atoms with Crippen LogP contribution in [0.25, 0.3) is 0 Å². The number of anilines is 1. The molecular formula is C20H25N3O2. The number of nitrogens with one attached hydrogen (secondary N) is 1. The van der Waals surface area contributed by atoms with Crippen molar-refractivity contribution in [3.8, 4) is 5.75 Å². The van der Waals surface area contributed by atoms with E-state index in [2.05, 4.69) is 29.3 Å². The van der Waals surface area contributed by atoms with Crippen LogP contribution < -0.4 is 10.2 Å². The molecule has 1 aliphatic heterocycles. The molecule has 132 valence electrons. The molecule has 0 aliphatic carbocycles. The number of aromatic hydroxyl groups is 1. The molecule has 5 heteroatoms. The highest BCUT2D eigenvalue weighted by atomic mass is 16.3. The van der Waals surface area contributed by atoms with Crippen LogP contribution in [0.2, 0.25) is 0 Å². The first kappa shape index (κ1) is 17.3. The number of hydrogen-bond acceptors (Lipinski definition) is 4. The molecule has 3 rings (SSSR count). The van der Waals surface area contributed by atoms with Crippen LogP contribution in [-0.4, -0.2) is 48.6 Å². The van der Waals surface area contributed by atoms with E-state index in [0.29, 0.717) is 6.54 Å². The van der Waals surface area contributed by atoms with Crippen molar-refractivity contribution in [3.05, 3.63) is 60.2 Å². The highest BCUT2D eigenvalue weighted by Gasteiger charge is 2.21. The van der Waals surface area contributed by atoms with Gasteiger partial charge in [-0.1, -0.05) is 30.3 Å². The normalized spacial score (nSPS) is 15.9. The second-order valence-electron chi connectivity index (χ2n) is 6.40. The van der Waals surface area contributed by atoms with Crippen molar-refractivity contribution < 1.29 is 9.90 Å². The van der Waals surface area contributed by atoms with Crippen molar-refractivity contribution >= 4 is 11.6 Å². The van der Waals surface area contributed by atoms with E-state index in [1.165, 1.54) is 5.56 Å². The fraction of sp³-hybridized carbons (Fsp3) is 0.350. The van der Waals surface area contributed by atoms with Gasteiger partial charge in [-0.3, -0.25) is 4.79 Å². The summed E-state index contributed by atoms with van der Waals surface area (Å²) < 4.78 is 0. The minimum Gasteiger partial charge on any atom is -0.508 e. The first-order chi connectivity index (χ1) is 12.1. The quantitative estimate of drug-likeness (QED) is 0.878. The largest absolute Gasteiger partial charge is 0.508 e. The fourth-order valence-electron chi connectivity index (χ4n) is 3.09. The molecule has 1 fully saturated rings. The molecule has 0 unspecified atom stereocenters. The van der Waals surface area contributed by atoms with E-state index in [0.717, 1.165) is 31.9 Å². The standard InChI is InChI=1S/C20H25N3O2/c1-16(17-5-3-2-4-6-17)21-15-20(25)23-13-11-22(12-14-23)18-7-9-19(24)10-8-18/h2-10,16,21,24H,11-15H2,1H3/t16-/m1/s1. The molecule has 2 aromatic rings. The predicted octanol–water partition coefficient (Wildman–Crippen LogP) is 2.39. The van der Waals surface area contributed by atoms with Gasteiger partial charge in [0.2, 0.25) is 5.91 Å². The molecule has 0 bridgehead atoms. The zero-order valence-electron chi connectivity index (χ0n) is 14.6. The van der Waals surface area contributed by atoms with Gasteiger partial charge in [0.15, 0.2) is 0 Å². The number of nitrogens with zero attached hydrogens (tertiary/aromatic N) is 2. The van der Waals surface area contributed by atoms with Gasteiger partial charge < -0.3 is 20.2 Å². The lowest BCUT2D eigenvalue weighted by molar-refractivity contribution is -0.130. The summed E-state index contributed by atoms with van der Waals surface area (Å²) in [6.45, 7) is 5.50. The Morgan fingerprint density at radius 1 is 1.04 bits per heavy atom. The summed E-state index contributed by atoms with van der Waals surface area (Å²) >= 11 is 0. The summed E-state index contributed by atoms with van der Waals surface area (Å²) in [5.74, 6) is 0.421. The van der Waals surface area contributed by atoms with Gasteiger partial charge in [-0.2, -0.15) is 0 Å². The first-order valence-electron chi connectivity index (χ1n) is 8.73. The zero-order valence-corrected chi connectivity index (χ0v) is 14.6. The summed E-state index contributed by atoms with van der Waals surface area (Å²) in [5.41, 5.74) is 2.27. The molecule has 0 saturated carbocycles. The maximum Gasteiger partial charge on any atom is 0.236 e. The molecule has 2 N–H and O–H groups in total. The van der Waals surface area contributed by atoms with Crippen LogP contribution in [0.1, 0.15) is 18.5 Å². The van der Waals surface area contributed by atoms with Crippen molar-refractivity contribution in [2.75, 3.05) is 37.6 Å². The van der Waals surface area contributed by atoms with E-state index in [4.69, 9.17) is 0 Å². The molecule has 1 saturated heterocycles. The Morgan fingerprint density at radius 3 is 2.32 bits per heavy atom. The Morgan fingerprint density at radius 2 is 1.68 bits per heavy atom. The maximum absolute atomic E-state index is 12.4. The number of phenolic OH excluding ortho intramolecular Hbond substituents is 1. The molecule has 2 aromatic carbocycles. The minimum absolute atomic E-state index is 0.146. The second-order valence-corrected chi connectivity index (χ2v) is 6.40. The van der Waals surface area contributed by atoms with Crippen molar-refractivity contribution in [3.63, 3.8) is 0 Å². The molecule has 1 heterocycles. The molecule has 1 amide bonds. The third kappa shape index (κ3) is 4.51. The smallest absolute Gasteiger partial charge is 0.236 e. The Labute approximate surface area is 148 Å². The second kappa shape index (κ2) is 8.03. The van der Waals surface area contributed by atoms with Crippen molar-refractivity contribution in [1.82, 2.24) is 10.2 Å².